The largest absolute Gasteiger partial charge is 0.480 e. The van der Waals surface area contributed by atoms with E-state index < -0.39 is 12.0 Å². The van der Waals surface area contributed by atoms with Gasteiger partial charge in [0.25, 0.3) is 0 Å². The molecule has 0 spiro atoms. The summed E-state index contributed by atoms with van der Waals surface area (Å²) in [5.74, 6) is -1.25. The van der Waals surface area contributed by atoms with Gasteiger partial charge in [-0.25, -0.2) is 4.79 Å². The van der Waals surface area contributed by atoms with Crippen LogP contribution in [0.2, 0.25) is 0 Å². The Morgan fingerprint density at radius 3 is 2.35 bits per heavy atom. The molecule has 1 rings (SSSR count). The molecule has 0 bridgehead atoms. The van der Waals surface area contributed by atoms with Crippen molar-refractivity contribution >= 4 is 11.9 Å². The van der Waals surface area contributed by atoms with E-state index in [-0.39, 0.29) is 24.3 Å². The molecule has 0 aromatic carbocycles. The van der Waals surface area contributed by atoms with E-state index in [0.29, 0.717) is 0 Å². The maximum atomic E-state index is 12.1. The quantitative estimate of drug-likeness (QED) is 0.647. The molecule has 1 saturated carbocycles. The van der Waals surface area contributed by atoms with Crippen LogP contribution >= 0.6 is 0 Å². The second kappa shape index (κ2) is 6.00. The Morgan fingerprint density at radius 1 is 1.35 bits per heavy atom. The monoisotopic (exact) mass is 243 g/mol. The average molecular weight is 243 g/mol. The normalized spacial score (nSPS) is 19.9. The van der Waals surface area contributed by atoms with Gasteiger partial charge >= 0.3 is 5.97 Å². The van der Waals surface area contributed by atoms with E-state index in [4.69, 9.17) is 10.2 Å². The zero-order valence-electron chi connectivity index (χ0n) is 10.2. The summed E-state index contributed by atoms with van der Waals surface area (Å²) in [6.07, 6.45) is 4.52. The SMILES string of the molecule is CCC1(C(=O)N[C@@H](CCO)C(=O)O)CCCC1. The van der Waals surface area contributed by atoms with Crippen molar-refractivity contribution in [1.29, 1.82) is 0 Å². The summed E-state index contributed by atoms with van der Waals surface area (Å²) in [5.41, 5.74) is -0.386. The molecule has 1 aliphatic carbocycles. The molecule has 1 atom stereocenters. The number of carbonyl (C=O) groups is 2. The van der Waals surface area contributed by atoms with Crippen LogP contribution in [-0.2, 0) is 9.59 Å². The van der Waals surface area contributed by atoms with Gasteiger partial charge < -0.3 is 15.5 Å². The molecule has 17 heavy (non-hydrogen) atoms. The lowest BCUT2D eigenvalue weighted by Gasteiger charge is -2.27. The summed E-state index contributed by atoms with van der Waals surface area (Å²) in [6, 6.07) is -0.975. The van der Waals surface area contributed by atoms with Crippen molar-refractivity contribution in [3.8, 4) is 0 Å². The number of aliphatic hydroxyl groups excluding tert-OH is 1. The lowest BCUT2D eigenvalue weighted by atomic mass is 9.82. The predicted octanol–water partition coefficient (Wildman–Crippen LogP) is 0.909. The van der Waals surface area contributed by atoms with Gasteiger partial charge in [0.15, 0.2) is 0 Å². The Labute approximate surface area is 101 Å². The minimum Gasteiger partial charge on any atom is -0.480 e. The number of carboxylic acid groups (broad SMARTS) is 1. The van der Waals surface area contributed by atoms with E-state index >= 15 is 0 Å². The smallest absolute Gasteiger partial charge is 0.326 e. The van der Waals surface area contributed by atoms with Gasteiger partial charge in [-0.15, -0.1) is 0 Å². The lowest BCUT2D eigenvalue weighted by Crippen LogP contribution is -2.47. The highest BCUT2D eigenvalue weighted by atomic mass is 16.4. The van der Waals surface area contributed by atoms with Crippen molar-refractivity contribution < 1.29 is 19.8 Å². The zero-order chi connectivity index (χ0) is 12.9. The number of carbonyl (C=O) groups excluding carboxylic acids is 1. The first-order valence-corrected chi connectivity index (χ1v) is 6.20. The van der Waals surface area contributed by atoms with Crippen LogP contribution in [0.5, 0.6) is 0 Å². The van der Waals surface area contributed by atoms with Crippen LogP contribution in [0.25, 0.3) is 0 Å². The molecule has 98 valence electrons. The second-order valence-electron chi connectivity index (χ2n) is 4.72. The highest BCUT2D eigenvalue weighted by Crippen LogP contribution is 2.41. The first kappa shape index (κ1) is 14.0. The van der Waals surface area contributed by atoms with E-state index in [1.807, 2.05) is 6.92 Å². The summed E-state index contributed by atoms with van der Waals surface area (Å²) >= 11 is 0. The van der Waals surface area contributed by atoms with Gasteiger partial charge in [0, 0.05) is 18.4 Å². The Balaban J connectivity index is 2.65. The third kappa shape index (κ3) is 3.19. The molecule has 5 heteroatoms. The van der Waals surface area contributed by atoms with Crippen molar-refractivity contribution in [2.45, 2.75) is 51.5 Å². The minimum atomic E-state index is -1.09. The maximum absolute atomic E-state index is 12.1. The molecule has 1 amide bonds. The van der Waals surface area contributed by atoms with Gasteiger partial charge in [0.2, 0.25) is 5.91 Å². The second-order valence-corrected chi connectivity index (χ2v) is 4.72. The van der Waals surface area contributed by atoms with Gasteiger partial charge in [-0.05, 0) is 19.3 Å². The average Bonchev–Trinajstić information content (AvgIpc) is 2.78. The molecular weight excluding hydrogens is 222 g/mol. The van der Waals surface area contributed by atoms with Crippen LogP contribution < -0.4 is 5.32 Å². The zero-order valence-corrected chi connectivity index (χ0v) is 10.2. The third-order valence-corrected chi connectivity index (χ3v) is 3.74. The molecule has 5 nitrogen and oxygen atoms in total. The molecule has 0 saturated heterocycles. The molecule has 3 N–H and O–H groups in total. The molecule has 0 heterocycles. The van der Waals surface area contributed by atoms with Crippen molar-refractivity contribution in [3.63, 3.8) is 0 Å². The van der Waals surface area contributed by atoms with Crippen molar-refractivity contribution in [2.75, 3.05) is 6.61 Å². The standard InChI is InChI=1S/C12H21NO4/c1-2-12(6-3-4-7-12)11(17)13-9(5-8-14)10(15)16/h9,14H,2-8H2,1H3,(H,13,17)(H,15,16)/t9-/m0/s1. The first-order chi connectivity index (χ1) is 8.05. The lowest BCUT2D eigenvalue weighted by molar-refractivity contribution is -0.144. The van der Waals surface area contributed by atoms with Crippen LogP contribution in [0.15, 0.2) is 0 Å². The van der Waals surface area contributed by atoms with E-state index in [1.165, 1.54) is 0 Å². The fraction of sp³-hybridized carbons (Fsp3) is 0.833. The van der Waals surface area contributed by atoms with Gasteiger partial charge in [0.05, 0.1) is 0 Å². The Morgan fingerprint density at radius 2 is 1.94 bits per heavy atom. The van der Waals surface area contributed by atoms with Gasteiger partial charge in [0.1, 0.15) is 6.04 Å². The minimum absolute atomic E-state index is 0.0564. The number of amides is 1. The third-order valence-electron chi connectivity index (χ3n) is 3.74. The Bertz CT molecular complexity index is 284. The van der Waals surface area contributed by atoms with E-state index in [9.17, 15) is 9.59 Å². The topological polar surface area (TPSA) is 86.6 Å². The van der Waals surface area contributed by atoms with Crippen LogP contribution in [0, 0.1) is 5.41 Å². The number of hydrogen-bond acceptors (Lipinski definition) is 3. The fourth-order valence-electron chi connectivity index (χ4n) is 2.49. The maximum Gasteiger partial charge on any atom is 0.326 e. The van der Waals surface area contributed by atoms with Crippen LogP contribution in [0.4, 0.5) is 0 Å². The number of carboxylic acids is 1. The van der Waals surface area contributed by atoms with E-state index in [2.05, 4.69) is 5.32 Å². The number of hydrogen-bond donors (Lipinski definition) is 3. The first-order valence-electron chi connectivity index (χ1n) is 6.20. The summed E-state index contributed by atoms with van der Waals surface area (Å²) < 4.78 is 0. The Hall–Kier alpha value is -1.10. The molecule has 0 aliphatic heterocycles. The van der Waals surface area contributed by atoms with Crippen LogP contribution in [-0.4, -0.2) is 34.7 Å². The summed E-state index contributed by atoms with van der Waals surface area (Å²) in [5, 5.41) is 20.3. The van der Waals surface area contributed by atoms with Gasteiger partial charge in [-0.3, -0.25) is 4.79 Å². The molecule has 0 aromatic rings. The van der Waals surface area contributed by atoms with Crippen LogP contribution in [0.1, 0.15) is 45.4 Å². The van der Waals surface area contributed by atoms with Gasteiger partial charge in [-0.1, -0.05) is 19.8 Å². The highest BCUT2D eigenvalue weighted by molar-refractivity contribution is 5.87. The van der Waals surface area contributed by atoms with Crippen molar-refractivity contribution in [3.05, 3.63) is 0 Å². The van der Waals surface area contributed by atoms with Crippen molar-refractivity contribution in [2.24, 2.45) is 5.41 Å². The fourth-order valence-corrected chi connectivity index (χ4v) is 2.49. The summed E-state index contributed by atoms with van der Waals surface area (Å²) in [6.45, 7) is 1.73. The highest BCUT2D eigenvalue weighted by Gasteiger charge is 2.40. The van der Waals surface area contributed by atoms with E-state index in [0.717, 1.165) is 32.1 Å². The molecule has 0 aromatic heterocycles. The Kier molecular flexibility index (Phi) is 4.93. The van der Waals surface area contributed by atoms with Gasteiger partial charge in [-0.2, -0.15) is 0 Å². The number of aliphatic carboxylic acids is 1. The predicted molar refractivity (Wildman–Crippen MR) is 62.5 cm³/mol. The van der Waals surface area contributed by atoms with Crippen LogP contribution in [0.3, 0.4) is 0 Å². The van der Waals surface area contributed by atoms with E-state index in [1.54, 1.807) is 0 Å². The molecular formula is C12H21NO4. The molecule has 0 radical (unpaired) electrons. The number of aliphatic hydroxyl groups is 1. The molecule has 0 unspecified atom stereocenters. The van der Waals surface area contributed by atoms with Crippen molar-refractivity contribution in [1.82, 2.24) is 5.32 Å². The summed E-state index contributed by atoms with van der Waals surface area (Å²) in [7, 11) is 0. The molecule has 1 fully saturated rings. The summed E-state index contributed by atoms with van der Waals surface area (Å²) in [4.78, 5) is 23.0. The number of nitrogens with one attached hydrogen (secondary N) is 1. The molecule has 1 aliphatic rings. The number of rotatable bonds is 6.